The number of nitro benzene ring substituents is 1. The normalized spacial score (nSPS) is 12.1. The lowest BCUT2D eigenvalue weighted by Crippen LogP contribution is -2.19. The van der Waals surface area contributed by atoms with E-state index < -0.39 is 16.4 Å². The zero-order valence-corrected chi connectivity index (χ0v) is 12.0. The summed E-state index contributed by atoms with van der Waals surface area (Å²) in [5, 5.41) is 13.9. The lowest BCUT2D eigenvalue weighted by atomic mass is 10.1. The average Bonchev–Trinajstić information content (AvgIpc) is 2.46. The van der Waals surface area contributed by atoms with Crippen molar-refractivity contribution in [2.75, 3.05) is 0 Å². The van der Waals surface area contributed by atoms with E-state index in [0.717, 1.165) is 5.56 Å². The van der Waals surface area contributed by atoms with Crippen molar-refractivity contribution in [3.63, 3.8) is 0 Å². The van der Waals surface area contributed by atoms with Crippen LogP contribution in [0.4, 0.5) is 10.1 Å². The van der Waals surface area contributed by atoms with Gasteiger partial charge in [-0.2, -0.15) is 4.39 Å². The predicted molar refractivity (Wildman–Crippen MR) is 79.5 cm³/mol. The first kappa shape index (κ1) is 15.1. The Kier molecular flexibility index (Phi) is 4.65. The van der Waals surface area contributed by atoms with E-state index in [2.05, 4.69) is 5.32 Å². The number of hydrogen-bond acceptors (Lipinski definition) is 3. The van der Waals surface area contributed by atoms with E-state index in [0.29, 0.717) is 5.56 Å². The van der Waals surface area contributed by atoms with E-state index in [1.54, 1.807) is 6.07 Å². The van der Waals surface area contributed by atoms with Crippen molar-refractivity contribution in [2.24, 2.45) is 0 Å². The second kappa shape index (κ2) is 6.45. The van der Waals surface area contributed by atoms with Gasteiger partial charge in [0.15, 0.2) is 0 Å². The highest BCUT2D eigenvalue weighted by Gasteiger charge is 2.17. The molecule has 1 atom stereocenters. The molecule has 110 valence electrons. The zero-order valence-electron chi connectivity index (χ0n) is 12.0. The average molecular weight is 288 g/mol. The minimum atomic E-state index is -0.772. The molecule has 0 heterocycles. The van der Waals surface area contributed by atoms with Gasteiger partial charge in [0.25, 0.3) is 0 Å². The van der Waals surface area contributed by atoms with Crippen LogP contribution in [-0.4, -0.2) is 4.92 Å². The van der Waals surface area contributed by atoms with Gasteiger partial charge in [-0.1, -0.05) is 42.0 Å². The molecular weight excluding hydrogens is 271 g/mol. The maximum atomic E-state index is 13.9. The zero-order chi connectivity index (χ0) is 15.4. The fourth-order valence-corrected chi connectivity index (χ4v) is 2.08. The molecule has 2 aromatic carbocycles. The first-order valence-corrected chi connectivity index (χ1v) is 6.70. The van der Waals surface area contributed by atoms with E-state index in [1.165, 1.54) is 17.7 Å². The van der Waals surface area contributed by atoms with Gasteiger partial charge in [0.1, 0.15) is 0 Å². The Morgan fingerprint density at radius 3 is 2.52 bits per heavy atom. The van der Waals surface area contributed by atoms with Crippen LogP contribution in [0.25, 0.3) is 0 Å². The van der Waals surface area contributed by atoms with Gasteiger partial charge < -0.3 is 5.32 Å². The lowest BCUT2D eigenvalue weighted by Gasteiger charge is -2.15. The van der Waals surface area contributed by atoms with Gasteiger partial charge in [-0.3, -0.25) is 10.1 Å². The molecule has 0 aromatic heterocycles. The summed E-state index contributed by atoms with van der Waals surface area (Å²) in [5.41, 5.74) is 2.07. The van der Waals surface area contributed by atoms with Crippen LogP contribution >= 0.6 is 0 Å². The summed E-state index contributed by atoms with van der Waals surface area (Å²) in [5.74, 6) is -0.772. The van der Waals surface area contributed by atoms with E-state index in [1.807, 2.05) is 38.1 Å². The smallest absolute Gasteiger partial charge is 0.305 e. The maximum Gasteiger partial charge on any atom is 0.305 e. The largest absolute Gasteiger partial charge is 0.306 e. The number of benzene rings is 2. The monoisotopic (exact) mass is 288 g/mol. The van der Waals surface area contributed by atoms with Gasteiger partial charge in [-0.15, -0.1) is 0 Å². The minimum Gasteiger partial charge on any atom is -0.306 e. The molecule has 0 amide bonds. The first-order valence-electron chi connectivity index (χ1n) is 6.70. The molecule has 0 fully saturated rings. The molecule has 4 nitrogen and oxygen atoms in total. The third-order valence-electron chi connectivity index (χ3n) is 3.43. The summed E-state index contributed by atoms with van der Waals surface area (Å²) >= 11 is 0. The number of rotatable bonds is 5. The number of aryl methyl sites for hydroxylation is 1. The molecule has 0 saturated heterocycles. The number of halogens is 1. The summed E-state index contributed by atoms with van der Waals surface area (Å²) in [7, 11) is 0. The summed E-state index contributed by atoms with van der Waals surface area (Å²) in [6.45, 7) is 4.23. The molecule has 0 spiro atoms. The van der Waals surface area contributed by atoms with Crippen molar-refractivity contribution in [1.82, 2.24) is 5.32 Å². The van der Waals surface area contributed by atoms with Crippen LogP contribution in [0, 0.1) is 22.9 Å². The summed E-state index contributed by atoms with van der Waals surface area (Å²) < 4.78 is 13.9. The molecule has 0 aliphatic rings. The van der Waals surface area contributed by atoms with E-state index in [9.17, 15) is 14.5 Å². The van der Waals surface area contributed by atoms with Gasteiger partial charge in [-0.25, -0.2) is 0 Å². The number of nitrogens with zero attached hydrogens (tertiary/aromatic N) is 1. The van der Waals surface area contributed by atoms with Gasteiger partial charge in [0.2, 0.25) is 5.82 Å². The summed E-state index contributed by atoms with van der Waals surface area (Å²) in [6.07, 6.45) is 0. The van der Waals surface area contributed by atoms with Crippen molar-refractivity contribution >= 4 is 5.69 Å². The highest BCUT2D eigenvalue weighted by Crippen LogP contribution is 2.21. The Morgan fingerprint density at radius 1 is 1.24 bits per heavy atom. The number of hydrogen-bond donors (Lipinski definition) is 1. The van der Waals surface area contributed by atoms with Crippen molar-refractivity contribution < 1.29 is 9.31 Å². The second-order valence-corrected chi connectivity index (χ2v) is 5.02. The molecule has 1 N–H and O–H groups in total. The third-order valence-corrected chi connectivity index (χ3v) is 3.43. The molecule has 0 aliphatic carbocycles. The fourth-order valence-electron chi connectivity index (χ4n) is 2.08. The molecule has 21 heavy (non-hydrogen) atoms. The molecule has 0 saturated carbocycles. The van der Waals surface area contributed by atoms with Crippen molar-refractivity contribution in [3.05, 3.63) is 75.1 Å². The fraction of sp³-hybridized carbons (Fsp3) is 0.250. The Bertz CT molecular complexity index is 641. The molecule has 0 radical (unpaired) electrons. The molecule has 0 bridgehead atoms. The van der Waals surface area contributed by atoms with Gasteiger partial charge >= 0.3 is 5.69 Å². The highest BCUT2D eigenvalue weighted by atomic mass is 19.1. The van der Waals surface area contributed by atoms with Crippen LogP contribution in [0.5, 0.6) is 0 Å². The molecule has 0 unspecified atom stereocenters. The van der Waals surface area contributed by atoms with Crippen molar-refractivity contribution in [2.45, 2.75) is 26.4 Å². The van der Waals surface area contributed by atoms with Crippen molar-refractivity contribution in [1.29, 1.82) is 0 Å². The van der Waals surface area contributed by atoms with Gasteiger partial charge in [-0.05, 0) is 19.4 Å². The lowest BCUT2D eigenvalue weighted by molar-refractivity contribution is -0.387. The van der Waals surface area contributed by atoms with Crippen LogP contribution in [-0.2, 0) is 6.54 Å². The van der Waals surface area contributed by atoms with E-state index in [-0.39, 0.29) is 12.6 Å². The molecular formula is C16H17FN2O2. The number of nitro groups is 1. The summed E-state index contributed by atoms with van der Waals surface area (Å²) in [4.78, 5) is 10.0. The Hall–Kier alpha value is -2.27. The predicted octanol–water partition coefficient (Wildman–Crippen LogP) is 3.89. The maximum absolute atomic E-state index is 13.9. The Morgan fingerprint density at radius 2 is 1.90 bits per heavy atom. The molecule has 0 aliphatic heterocycles. The second-order valence-electron chi connectivity index (χ2n) is 5.02. The molecule has 5 heteroatoms. The SMILES string of the molecule is Cc1ccc([C@@H](C)NCc2cccc([N+](=O)[O-])c2F)cc1. The van der Waals surface area contributed by atoms with Crippen molar-refractivity contribution in [3.8, 4) is 0 Å². The topological polar surface area (TPSA) is 55.2 Å². The van der Waals surface area contributed by atoms with E-state index in [4.69, 9.17) is 0 Å². The summed E-state index contributed by atoms with van der Waals surface area (Å²) in [6, 6.07) is 12.3. The van der Waals surface area contributed by atoms with Crippen LogP contribution in [0.2, 0.25) is 0 Å². The first-order chi connectivity index (χ1) is 9.99. The molecule has 2 rings (SSSR count). The quantitative estimate of drug-likeness (QED) is 0.670. The standard InChI is InChI=1S/C16H17FN2O2/c1-11-6-8-13(9-7-11)12(2)18-10-14-4-3-5-15(16(14)17)19(20)21/h3-9,12,18H,10H2,1-2H3/t12-/m1/s1. The molecule has 2 aromatic rings. The van der Waals surface area contributed by atoms with Crippen LogP contribution in [0.1, 0.15) is 29.7 Å². The third kappa shape index (κ3) is 3.64. The van der Waals surface area contributed by atoms with E-state index >= 15 is 0 Å². The van der Waals surface area contributed by atoms with Crippen LogP contribution < -0.4 is 5.32 Å². The van der Waals surface area contributed by atoms with Gasteiger partial charge in [0.05, 0.1) is 4.92 Å². The number of nitrogens with one attached hydrogen (secondary N) is 1. The Balaban J connectivity index is 2.08. The van der Waals surface area contributed by atoms with Gasteiger partial charge in [0, 0.05) is 24.2 Å². The highest BCUT2D eigenvalue weighted by molar-refractivity contribution is 5.36. The van der Waals surface area contributed by atoms with Crippen LogP contribution in [0.15, 0.2) is 42.5 Å². The van der Waals surface area contributed by atoms with Crippen LogP contribution in [0.3, 0.4) is 0 Å². The Labute approximate surface area is 122 Å². The minimum absolute atomic E-state index is 0.0317.